The Kier molecular flexibility index (Phi) is 5.18. The van der Waals surface area contributed by atoms with Gasteiger partial charge in [-0.25, -0.2) is 0 Å². The predicted octanol–water partition coefficient (Wildman–Crippen LogP) is 4.18. The van der Waals surface area contributed by atoms with E-state index in [0.29, 0.717) is 15.8 Å². The molecule has 0 amide bonds. The molecular weight excluding hydrogens is 312 g/mol. The molecule has 0 aliphatic carbocycles. The van der Waals surface area contributed by atoms with E-state index in [0.717, 1.165) is 4.91 Å². The van der Waals surface area contributed by atoms with Gasteiger partial charge in [0.05, 0.1) is 10.4 Å². The fraction of sp³-hybridized carbons (Fsp3) is 0.118. The zero-order valence-electron chi connectivity index (χ0n) is 12.9. The molecule has 0 atom stereocenters. The maximum Gasteiger partial charge on any atom is 0.348 e. The van der Waals surface area contributed by atoms with Gasteiger partial charge in [-0.3, -0.25) is 14.9 Å². The molecule has 0 spiro atoms. The molecule has 0 unspecified atom stereocenters. The molecule has 0 saturated carbocycles. The lowest BCUT2D eigenvalue weighted by Gasteiger charge is -2.11. The molecule has 6 heteroatoms. The van der Waals surface area contributed by atoms with Gasteiger partial charge in [0.25, 0.3) is 0 Å². The van der Waals surface area contributed by atoms with Crippen LogP contribution in [0.2, 0.25) is 0 Å². The number of aryl methyl sites for hydroxylation is 1. The minimum Gasteiger partial charge on any atom is -0.305 e. The number of pyridine rings is 1. The summed E-state index contributed by atoms with van der Waals surface area (Å²) in [6.45, 7) is 5.45. The molecule has 1 aromatic carbocycles. The average Bonchev–Trinajstić information content (AvgIpc) is 2.55. The van der Waals surface area contributed by atoms with E-state index >= 15 is 0 Å². The van der Waals surface area contributed by atoms with Crippen molar-refractivity contribution in [2.24, 2.45) is 7.05 Å². The number of fused-ring (bicyclic) bond motifs is 1. The summed E-state index contributed by atoms with van der Waals surface area (Å²) in [6.07, 6.45) is 7.01. The van der Waals surface area contributed by atoms with Gasteiger partial charge in [0.1, 0.15) is 4.90 Å². The molecule has 0 N–H and O–H groups in total. The van der Waals surface area contributed by atoms with Crippen molar-refractivity contribution in [3.05, 3.63) is 80.5 Å². The lowest BCUT2D eigenvalue weighted by atomic mass is 10.2. The van der Waals surface area contributed by atoms with Gasteiger partial charge in [-0.1, -0.05) is 54.8 Å². The summed E-state index contributed by atoms with van der Waals surface area (Å²) in [6, 6.07) is 7.17. The number of benzene rings is 1. The second-order valence-electron chi connectivity index (χ2n) is 4.70. The second-order valence-corrected chi connectivity index (χ2v) is 5.79. The summed E-state index contributed by atoms with van der Waals surface area (Å²) in [4.78, 5) is 24.4. The fourth-order valence-corrected chi connectivity index (χ4v) is 3.23. The number of hydrogen-bond donors (Lipinski definition) is 0. The third-order valence-electron chi connectivity index (χ3n) is 3.32. The van der Waals surface area contributed by atoms with Gasteiger partial charge in [0.2, 0.25) is 0 Å². The van der Waals surface area contributed by atoms with Crippen LogP contribution in [0.25, 0.3) is 10.9 Å². The van der Waals surface area contributed by atoms with E-state index in [4.69, 9.17) is 0 Å². The summed E-state index contributed by atoms with van der Waals surface area (Å²) < 4.78 is 1.31. The molecule has 5 nitrogen and oxygen atoms in total. The minimum atomic E-state index is -0.612. The molecule has 2 aromatic rings. The van der Waals surface area contributed by atoms with Crippen LogP contribution in [0.3, 0.4) is 0 Å². The van der Waals surface area contributed by atoms with Crippen LogP contribution in [0.5, 0.6) is 0 Å². The third kappa shape index (κ3) is 3.27. The standard InChI is InChI=1S/C17H16N2O3S/c1-4-6-9-12(5-2)23-16-13-10-7-8-11-14(13)18(3)17(20)15(16)19(21)22/h4-11H,1H2,2-3H3/b9-6-,12-5+. The van der Waals surface area contributed by atoms with Crippen molar-refractivity contribution in [3.8, 4) is 0 Å². The maximum absolute atomic E-state index is 12.4. The first-order valence-corrected chi connectivity index (χ1v) is 7.72. The van der Waals surface area contributed by atoms with Crippen molar-refractivity contribution >= 4 is 28.4 Å². The lowest BCUT2D eigenvalue weighted by molar-refractivity contribution is -0.389. The van der Waals surface area contributed by atoms with Crippen LogP contribution in [0.1, 0.15) is 6.92 Å². The molecule has 23 heavy (non-hydrogen) atoms. The molecule has 2 rings (SSSR count). The number of hydrogen-bond acceptors (Lipinski definition) is 4. The first-order chi connectivity index (χ1) is 11.0. The molecule has 0 bridgehead atoms. The maximum atomic E-state index is 12.4. The highest BCUT2D eigenvalue weighted by Gasteiger charge is 2.25. The Morgan fingerprint density at radius 3 is 2.70 bits per heavy atom. The van der Waals surface area contributed by atoms with Crippen molar-refractivity contribution in [2.45, 2.75) is 11.8 Å². The highest BCUT2D eigenvalue weighted by atomic mass is 32.2. The summed E-state index contributed by atoms with van der Waals surface area (Å²) in [5.74, 6) is 0. The molecule has 0 fully saturated rings. The van der Waals surface area contributed by atoms with Gasteiger partial charge in [-0.2, -0.15) is 0 Å². The molecular formula is C17H16N2O3S. The fourth-order valence-electron chi connectivity index (χ4n) is 2.19. The summed E-state index contributed by atoms with van der Waals surface area (Å²) in [7, 11) is 1.54. The van der Waals surface area contributed by atoms with E-state index in [9.17, 15) is 14.9 Å². The smallest absolute Gasteiger partial charge is 0.305 e. The molecule has 1 aromatic heterocycles. The molecule has 0 aliphatic rings. The molecule has 0 saturated heterocycles. The highest BCUT2D eigenvalue weighted by Crippen LogP contribution is 2.38. The number of rotatable bonds is 5. The van der Waals surface area contributed by atoms with Crippen LogP contribution >= 0.6 is 11.8 Å². The number of thioether (sulfide) groups is 1. The van der Waals surface area contributed by atoms with Gasteiger partial charge < -0.3 is 4.57 Å². The SMILES string of the molecule is C=C/C=C\C(=C/C)Sc1c([N+](=O)[O-])c(=O)n(C)c2ccccc12. The second kappa shape index (κ2) is 7.11. The van der Waals surface area contributed by atoms with Gasteiger partial charge in [-0.05, 0) is 19.1 Å². The van der Waals surface area contributed by atoms with Crippen LogP contribution < -0.4 is 5.56 Å². The number of nitrogens with zero attached hydrogens (tertiary/aromatic N) is 2. The largest absolute Gasteiger partial charge is 0.348 e. The minimum absolute atomic E-state index is 0.357. The van der Waals surface area contributed by atoms with E-state index in [1.54, 1.807) is 49.5 Å². The highest BCUT2D eigenvalue weighted by molar-refractivity contribution is 8.03. The Bertz CT molecular complexity index is 895. The summed E-state index contributed by atoms with van der Waals surface area (Å²) in [5, 5.41) is 12.1. The number of nitro groups is 1. The lowest BCUT2D eigenvalue weighted by Crippen LogP contribution is -2.21. The van der Waals surface area contributed by atoms with Crippen LogP contribution in [-0.2, 0) is 7.05 Å². The van der Waals surface area contributed by atoms with Gasteiger partial charge in [-0.15, -0.1) is 0 Å². The zero-order valence-corrected chi connectivity index (χ0v) is 13.7. The number of aromatic nitrogens is 1. The van der Waals surface area contributed by atoms with E-state index in [-0.39, 0.29) is 0 Å². The van der Waals surface area contributed by atoms with Crippen LogP contribution in [-0.4, -0.2) is 9.49 Å². The first-order valence-electron chi connectivity index (χ1n) is 6.90. The number of para-hydroxylation sites is 1. The quantitative estimate of drug-likeness (QED) is 0.357. The molecule has 1 heterocycles. The van der Waals surface area contributed by atoms with Gasteiger partial charge >= 0.3 is 11.2 Å². The van der Waals surface area contributed by atoms with E-state index in [2.05, 4.69) is 6.58 Å². The van der Waals surface area contributed by atoms with Gasteiger partial charge in [0, 0.05) is 17.3 Å². The zero-order chi connectivity index (χ0) is 17.0. The molecule has 0 aliphatic heterocycles. The summed E-state index contributed by atoms with van der Waals surface area (Å²) in [5.41, 5.74) is -0.351. The van der Waals surface area contributed by atoms with Crippen LogP contribution in [0.4, 0.5) is 5.69 Å². The van der Waals surface area contributed by atoms with Crippen molar-refractivity contribution in [2.75, 3.05) is 0 Å². The van der Waals surface area contributed by atoms with Crippen LogP contribution in [0, 0.1) is 10.1 Å². The normalized spacial score (nSPS) is 12.0. The van der Waals surface area contributed by atoms with Crippen molar-refractivity contribution in [1.29, 1.82) is 0 Å². The third-order valence-corrected chi connectivity index (χ3v) is 4.54. The Morgan fingerprint density at radius 1 is 1.39 bits per heavy atom. The predicted molar refractivity (Wildman–Crippen MR) is 94.8 cm³/mol. The Balaban J connectivity index is 2.79. The topological polar surface area (TPSA) is 65.1 Å². The number of allylic oxidation sites excluding steroid dienone is 4. The van der Waals surface area contributed by atoms with Crippen molar-refractivity contribution < 1.29 is 4.92 Å². The average molecular weight is 328 g/mol. The Morgan fingerprint density at radius 2 is 2.09 bits per heavy atom. The Hall–Kier alpha value is -2.60. The van der Waals surface area contributed by atoms with Gasteiger partial charge in [0.15, 0.2) is 0 Å². The molecule has 118 valence electrons. The van der Waals surface area contributed by atoms with E-state index in [1.807, 2.05) is 13.0 Å². The Labute approximate surface area is 137 Å². The molecule has 0 radical (unpaired) electrons. The summed E-state index contributed by atoms with van der Waals surface area (Å²) >= 11 is 1.21. The van der Waals surface area contributed by atoms with Crippen molar-refractivity contribution in [3.63, 3.8) is 0 Å². The van der Waals surface area contributed by atoms with E-state index in [1.165, 1.54) is 16.3 Å². The first kappa shape index (κ1) is 16.8. The van der Waals surface area contributed by atoms with Crippen molar-refractivity contribution in [1.82, 2.24) is 4.57 Å². The van der Waals surface area contributed by atoms with E-state index < -0.39 is 16.2 Å². The monoisotopic (exact) mass is 328 g/mol. The van der Waals surface area contributed by atoms with Crippen LogP contribution in [0.15, 0.2) is 69.7 Å².